The molecule has 2 nitrogen and oxygen atoms in total. The lowest BCUT2D eigenvalue weighted by atomic mass is 9.78. The quantitative estimate of drug-likeness (QED) is 0.613. The van der Waals surface area contributed by atoms with Crippen molar-refractivity contribution >= 4 is 0 Å². The van der Waals surface area contributed by atoms with Crippen molar-refractivity contribution in [2.75, 3.05) is 13.1 Å². The SMILES string of the molecule is NC1(CNCCCC2CC2)CCC1. The maximum atomic E-state index is 6.09. The molecule has 2 aliphatic carbocycles. The third kappa shape index (κ3) is 2.96. The third-order valence-corrected chi connectivity index (χ3v) is 3.49. The van der Waals surface area contributed by atoms with Crippen LogP contribution in [0.15, 0.2) is 0 Å². The van der Waals surface area contributed by atoms with Crippen molar-refractivity contribution in [3.05, 3.63) is 0 Å². The molecule has 0 atom stereocenters. The Hall–Kier alpha value is -0.0800. The summed E-state index contributed by atoms with van der Waals surface area (Å²) in [6.45, 7) is 2.22. The Balaban J connectivity index is 1.43. The second kappa shape index (κ2) is 3.97. The average molecular weight is 182 g/mol. The first-order chi connectivity index (χ1) is 6.29. The van der Waals surface area contributed by atoms with Gasteiger partial charge in [-0.2, -0.15) is 0 Å². The standard InChI is InChI=1S/C11H22N2/c12-11(6-2-7-11)9-13-8-1-3-10-4-5-10/h10,13H,1-9,12H2. The number of rotatable bonds is 6. The van der Waals surface area contributed by atoms with Gasteiger partial charge in [-0.3, -0.25) is 0 Å². The zero-order chi connectivity index (χ0) is 9.15. The van der Waals surface area contributed by atoms with E-state index in [9.17, 15) is 0 Å². The molecule has 2 fully saturated rings. The number of hydrogen-bond acceptors (Lipinski definition) is 2. The molecule has 0 unspecified atom stereocenters. The summed E-state index contributed by atoms with van der Waals surface area (Å²) in [5.41, 5.74) is 6.26. The lowest BCUT2D eigenvalue weighted by molar-refractivity contribution is 0.239. The van der Waals surface area contributed by atoms with Crippen LogP contribution in [-0.4, -0.2) is 18.6 Å². The molecule has 2 heteroatoms. The summed E-state index contributed by atoms with van der Waals surface area (Å²) < 4.78 is 0. The fourth-order valence-electron chi connectivity index (χ4n) is 2.07. The Bertz CT molecular complexity index is 159. The second-order valence-corrected chi connectivity index (χ2v) is 4.98. The van der Waals surface area contributed by atoms with Gasteiger partial charge in [0.1, 0.15) is 0 Å². The lowest BCUT2D eigenvalue weighted by Gasteiger charge is -2.38. The molecule has 0 aromatic carbocycles. The van der Waals surface area contributed by atoms with Crippen LogP contribution in [0.1, 0.15) is 44.9 Å². The summed E-state index contributed by atoms with van der Waals surface area (Å²) in [7, 11) is 0. The minimum Gasteiger partial charge on any atom is -0.324 e. The molecule has 3 N–H and O–H groups in total. The molecule has 76 valence electrons. The molecule has 0 bridgehead atoms. The van der Waals surface area contributed by atoms with Crippen molar-refractivity contribution in [3.63, 3.8) is 0 Å². The zero-order valence-corrected chi connectivity index (χ0v) is 8.52. The van der Waals surface area contributed by atoms with Crippen LogP contribution in [0.3, 0.4) is 0 Å². The fraction of sp³-hybridized carbons (Fsp3) is 1.00. The van der Waals surface area contributed by atoms with E-state index in [0.29, 0.717) is 0 Å². The van der Waals surface area contributed by atoms with Crippen molar-refractivity contribution in [3.8, 4) is 0 Å². The van der Waals surface area contributed by atoms with Crippen LogP contribution in [0.5, 0.6) is 0 Å². The minimum absolute atomic E-state index is 0.166. The third-order valence-electron chi connectivity index (χ3n) is 3.49. The molecule has 0 spiro atoms. The number of hydrogen-bond donors (Lipinski definition) is 2. The lowest BCUT2D eigenvalue weighted by Crippen LogP contribution is -2.54. The van der Waals surface area contributed by atoms with Crippen molar-refractivity contribution in [1.82, 2.24) is 5.32 Å². The van der Waals surface area contributed by atoms with Gasteiger partial charge in [-0.05, 0) is 44.6 Å². The highest BCUT2D eigenvalue weighted by molar-refractivity contribution is 4.94. The smallest absolute Gasteiger partial charge is 0.0280 e. The highest BCUT2D eigenvalue weighted by atomic mass is 14.9. The normalized spacial score (nSPS) is 25.6. The van der Waals surface area contributed by atoms with E-state index in [1.54, 1.807) is 0 Å². The Morgan fingerprint density at radius 3 is 2.62 bits per heavy atom. The van der Waals surface area contributed by atoms with Crippen LogP contribution < -0.4 is 11.1 Å². The molecule has 2 aliphatic rings. The molecule has 0 heterocycles. The van der Waals surface area contributed by atoms with Crippen molar-refractivity contribution in [2.24, 2.45) is 11.7 Å². The number of nitrogens with two attached hydrogens (primary N) is 1. The van der Waals surface area contributed by atoms with Crippen molar-refractivity contribution in [1.29, 1.82) is 0 Å². The van der Waals surface area contributed by atoms with Crippen LogP contribution in [-0.2, 0) is 0 Å². The second-order valence-electron chi connectivity index (χ2n) is 4.98. The molecule has 2 saturated carbocycles. The molecule has 13 heavy (non-hydrogen) atoms. The summed E-state index contributed by atoms with van der Waals surface area (Å²) in [4.78, 5) is 0. The predicted molar refractivity (Wildman–Crippen MR) is 55.6 cm³/mol. The van der Waals surface area contributed by atoms with E-state index < -0.39 is 0 Å². The van der Waals surface area contributed by atoms with E-state index in [2.05, 4.69) is 5.32 Å². The molecule has 0 aliphatic heterocycles. The van der Waals surface area contributed by atoms with Gasteiger partial charge in [0.15, 0.2) is 0 Å². The largest absolute Gasteiger partial charge is 0.324 e. The summed E-state index contributed by atoms with van der Waals surface area (Å²) in [6.07, 6.45) is 9.54. The van der Waals surface area contributed by atoms with Crippen LogP contribution in [0, 0.1) is 5.92 Å². The van der Waals surface area contributed by atoms with Gasteiger partial charge < -0.3 is 11.1 Å². The predicted octanol–water partition coefficient (Wildman–Crippen LogP) is 1.65. The molecule has 0 aromatic heterocycles. The minimum atomic E-state index is 0.166. The van der Waals surface area contributed by atoms with Gasteiger partial charge in [-0.25, -0.2) is 0 Å². The summed E-state index contributed by atoms with van der Waals surface area (Å²) >= 11 is 0. The van der Waals surface area contributed by atoms with Gasteiger partial charge in [-0.15, -0.1) is 0 Å². The van der Waals surface area contributed by atoms with Crippen molar-refractivity contribution in [2.45, 2.75) is 50.5 Å². The van der Waals surface area contributed by atoms with Gasteiger partial charge in [-0.1, -0.05) is 12.8 Å². The summed E-state index contributed by atoms with van der Waals surface area (Å²) in [5.74, 6) is 1.08. The van der Waals surface area contributed by atoms with E-state index in [1.807, 2.05) is 0 Å². The van der Waals surface area contributed by atoms with E-state index in [-0.39, 0.29) is 5.54 Å². The van der Waals surface area contributed by atoms with Gasteiger partial charge in [0.25, 0.3) is 0 Å². The van der Waals surface area contributed by atoms with Gasteiger partial charge >= 0.3 is 0 Å². The monoisotopic (exact) mass is 182 g/mol. The fourth-order valence-corrected chi connectivity index (χ4v) is 2.07. The van der Waals surface area contributed by atoms with Crippen LogP contribution in [0.2, 0.25) is 0 Å². The Morgan fingerprint density at radius 1 is 1.31 bits per heavy atom. The summed E-state index contributed by atoms with van der Waals surface area (Å²) in [5, 5.41) is 3.49. The number of nitrogens with one attached hydrogen (secondary N) is 1. The zero-order valence-electron chi connectivity index (χ0n) is 8.52. The van der Waals surface area contributed by atoms with Gasteiger partial charge in [0, 0.05) is 12.1 Å². The first-order valence-electron chi connectivity index (χ1n) is 5.78. The van der Waals surface area contributed by atoms with E-state index in [1.165, 1.54) is 51.5 Å². The van der Waals surface area contributed by atoms with E-state index >= 15 is 0 Å². The van der Waals surface area contributed by atoms with E-state index in [4.69, 9.17) is 5.73 Å². The molecular weight excluding hydrogens is 160 g/mol. The molecule has 0 radical (unpaired) electrons. The van der Waals surface area contributed by atoms with Crippen LogP contribution in [0.4, 0.5) is 0 Å². The Labute approximate surface area is 81.3 Å². The molecule has 0 aromatic rings. The maximum absolute atomic E-state index is 6.09. The van der Waals surface area contributed by atoms with Gasteiger partial charge in [0.05, 0.1) is 0 Å². The molecule has 0 saturated heterocycles. The van der Waals surface area contributed by atoms with Crippen LogP contribution >= 0.6 is 0 Å². The Morgan fingerprint density at radius 2 is 2.08 bits per heavy atom. The molecule has 0 amide bonds. The highest BCUT2D eigenvalue weighted by Gasteiger charge is 2.31. The topological polar surface area (TPSA) is 38.0 Å². The molecule has 2 rings (SSSR count). The van der Waals surface area contributed by atoms with E-state index in [0.717, 1.165) is 12.5 Å². The summed E-state index contributed by atoms with van der Waals surface area (Å²) in [6, 6.07) is 0. The average Bonchev–Trinajstić information content (AvgIpc) is 2.84. The first kappa shape index (κ1) is 9.47. The van der Waals surface area contributed by atoms with Crippen molar-refractivity contribution < 1.29 is 0 Å². The highest BCUT2D eigenvalue weighted by Crippen LogP contribution is 2.33. The molecular formula is C11H22N2. The maximum Gasteiger partial charge on any atom is 0.0280 e. The van der Waals surface area contributed by atoms with Crippen LogP contribution in [0.25, 0.3) is 0 Å². The van der Waals surface area contributed by atoms with Gasteiger partial charge in [0.2, 0.25) is 0 Å². The Kier molecular flexibility index (Phi) is 2.89. The first-order valence-corrected chi connectivity index (χ1v) is 5.78.